The van der Waals surface area contributed by atoms with Crippen LogP contribution in [-0.4, -0.2) is 54.5 Å². The monoisotopic (exact) mass is 454 g/mol. The summed E-state index contributed by atoms with van der Waals surface area (Å²) in [5.41, 5.74) is 6.60. The number of carbonyl (C=O) groups excluding carboxylic acids is 2. The van der Waals surface area contributed by atoms with Crippen molar-refractivity contribution in [2.24, 2.45) is 11.7 Å². The molecule has 10 heteroatoms. The van der Waals surface area contributed by atoms with E-state index in [1.54, 1.807) is 12.1 Å². The van der Waals surface area contributed by atoms with Crippen molar-refractivity contribution in [2.45, 2.75) is 19.3 Å². The number of hydrogen-bond donors (Lipinski definition) is 2. The molecule has 2 heterocycles. The zero-order chi connectivity index (χ0) is 23.4. The average Bonchev–Trinajstić information content (AvgIpc) is 2.83. The number of primary amides is 1. The molecule has 0 saturated carbocycles. The lowest BCUT2D eigenvalue weighted by molar-refractivity contribution is -0.385. The molecule has 0 aliphatic carbocycles. The Balaban J connectivity index is 1.36. The van der Waals surface area contributed by atoms with Crippen LogP contribution in [0.2, 0.25) is 0 Å². The van der Waals surface area contributed by atoms with Gasteiger partial charge in [-0.2, -0.15) is 0 Å². The number of benzene rings is 2. The molecule has 10 nitrogen and oxygen atoms in total. The smallest absolute Gasteiger partial charge is 0.286 e. The van der Waals surface area contributed by atoms with E-state index in [1.165, 1.54) is 12.1 Å². The summed E-state index contributed by atoms with van der Waals surface area (Å²) >= 11 is 0. The van der Waals surface area contributed by atoms with Gasteiger partial charge in [-0.05, 0) is 50.0 Å². The zero-order valence-corrected chi connectivity index (χ0v) is 18.1. The molecule has 2 aromatic rings. The first-order chi connectivity index (χ1) is 15.9. The molecule has 0 bridgehead atoms. The van der Waals surface area contributed by atoms with Crippen LogP contribution in [-0.2, 0) is 11.2 Å². The first-order valence-electron chi connectivity index (χ1n) is 10.9. The number of nitro benzene ring substituents is 1. The van der Waals surface area contributed by atoms with Crippen molar-refractivity contribution in [3.63, 3.8) is 0 Å². The Kier molecular flexibility index (Phi) is 6.74. The van der Waals surface area contributed by atoms with E-state index in [4.69, 9.17) is 15.2 Å². The summed E-state index contributed by atoms with van der Waals surface area (Å²) in [6, 6.07) is 9.96. The van der Waals surface area contributed by atoms with Crippen LogP contribution in [0.3, 0.4) is 0 Å². The van der Waals surface area contributed by atoms with Crippen LogP contribution in [0.5, 0.6) is 11.5 Å². The lowest BCUT2D eigenvalue weighted by Crippen LogP contribution is -2.39. The summed E-state index contributed by atoms with van der Waals surface area (Å²) in [4.78, 5) is 37.2. The predicted molar refractivity (Wildman–Crippen MR) is 121 cm³/mol. The van der Waals surface area contributed by atoms with Gasteiger partial charge in [0.25, 0.3) is 11.6 Å². The third kappa shape index (κ3) is 5.40. The second-order valence-corrected chi connectivity index (χ2v) is 8.19. The Hall–Kier alpha value is -3.66. The zero-order valence-electron chi connectivity index (χ0n) is 18.1. The van der Waals surface area contributed by atoms with E-state index >= 15 is 0 Å². The molecule has 174 valence electrons. The van der Waals surface area contributed by atoms with E-state index in [1.807, 2.05) is 12.1 Å². The first kappa shape index (κ1) is 22.5. The van der Waals surface area contributed by atoms with Gasteiger partial charge in [-0.15, -0.1) is 0 Å². The number of amides is 2. The number of nitrogens with one attached hydrogen (secondary N) is 1. The van der Waals surface area contributed by atoms with Crippen LogP contribution in [0, 0.1) is 16.0 Å². The number of carbonyl (C=O) groups is 2. The Morgan fingerprint density at radius 3 is 2.33 bits per heavy atom. The van der Waals surface area contributed by atoms with Crippen LogP contribution < -0.4 is 20.5 Å². The fourth-order valence-corrected chi connectivity index (χ4v) is 4.09. The molecule has 4 rings (SSSR count). The second kappa shape index (κ2) is 9.86. The van der Waals surface area contributed by atoms with Crippen molar-refractivity contribution in [3.05, 3.63) is 57.6 Å². The van der Waals surface area contributed by atoms with Gasteiger partial charge in [0, 0.05) is 24.2 Å². The predicted octanol–water partition coefficient (Wildman–Crippen LogP) is 2.36. The maximum absolute atomic E-state index is 12.8. The lowest BCUT2D eigenvalue weighted by Gasteiger charge is -2.30. The molecule has 2 amide bonds. The summed E-state index contributed by atoms with van der Waals surface area (Å²) in [5.74, 6) is -0.258. The summed E-state index contributed by atoms with van der Waals surface area (Å²) in [7, 11) is 0. The fraction of sp³-hybridized carbons (Fsp3) is 0.391. The van der Waals surface area contributed by atoms with Crippen molar-refractivity contribution < 1.29 is 24.0 Å². The van der Waals surface area contributed by atoms with Crippen molar-refractivity contribution >= 4 is 23.2 Å². The van der Waals surface area contributed by atoms with Gasteiger partial charge >= 0.3 is 0 Å². The van der Waals surface area contributed by atoms with Crippen LogP contribution in [0.25, 0.3) is 0 Å². The van der Waals surface area contributed by atoms with Gasteiger partial charge in [0.1, 0.15) is 18.8 Å². The largest absolute Gasteiger partial charge is 0.486 e. The molecule has 1 saturated heterocycles. The molecule has 0 radical (unpaired) electrons. The molecular formula is C23H26N4O6. The van der Waals surface area contributed by atoms with Crippen LogP contribution in [0.1, 0.15) is 28.8 Å². The second-order valence-electron chi connectivity index (χ2n) is 8.19. The number of hydrogen-bond acceptors (Lipinski definition) is 7. The molecule has 0 aromatic heterocycles. The minimum absolute atomic E-state index is 0.0193. The highest BCUT2D eigenvalue weighted by molar-refractivity contribution is 6.07. The highest BCUT2D eigenvalue weighted by Gasteiger charge is 2.26. The van der Waals surface area contributed by atoms with Gasteiger partial charge in [0.2, 0.25) is 5.91 Å². The third-order valence-electron chi connectivity index (χ3n) is 6.02. The van der Waals surface area contributed by atoms with Crippen molar-refractivity contribution in [1.29, 1.82) is 0 Å². The SMILES string of the molecule is NC(=O)C1CCN(CCc2ccc(NC(=O)c3cc4c(cc3[N+](=O)[O-])OCCO4)cc2)CC1. The third-order valence-corrected chi connectivity index (χ3v) is 6.02. The van der Waals surface area contributed by atoms with Gasteiger partial charge < -0.3 is 25.4 Å². The van der Waals surface area contributed by atoms with Crippen molar-refractivity contribution in [2.75, 3.05) is 38.2 Å². The summed E-state index contributed by atoms with van der Waals surface area (Å²) < 4.78 is 10.8. The molecule has 2 aromatic carbocycles. The van der Waals surface area contributed by atoms with E-state index in [0.29, 0.717) is 24.7 Å². The molecule has 1 fully saturated rings. The molecular weight excluding hydrogens is 428 g/mol. The molecule has 0 unspecified atom stereocenters. The van der Waals surface area contributed by atoms with Gasteiger partial charge in [-0.3, -0.25) is 19.7 Å². The number of ether oxygens (including phenoxy) is 2. The van der Waals surface area contributed by atoms with Crippen molar-refractivity contribution in [1.82, 2.24) is 4.90 Å². The van der Waals surface area contributed by atoms with Crippen molar-refractivity contribution in [3.8, 4) is 11.5 Å². The molecule has 2 aliphatic rings. The van der Waals surface area contributed by atoms with E-state index in [2.05, 4.69) is 10.2 Å². The number of rotatable bonds is 7. The summed E-state index contributed by atoms with van der Waals surface area (Å²) in [6.45, 7) is 3.21. The number of nitro groups is 1. The minimum Gasteiger partial charge on any atom is -0.486 e. The Labute approximate surface area is 190 Å². The van der Waals surface area contributed by atoms with Gasteiger partial charge in [-0.1, -0.05) is 12.1 Å². The van der Waals surface area contributed by atoms with Crippen LogP contribution >= 0.6 is 0 Å². The average molecular weight is 454 g/mol. The minimum atomic E-state index is -0.609. The molecule has 33 heavy (non-hydrogen) atoms. The number of nitrogens with zero attached hydrogens (tertiary/aromatic N) is 2. The van der Waals surface area contributed by atoms with Gasteiger partial charge in [-0.25, -0.2) is 0 Å². The number of fused-ring (bicyclic) bond motifs is 1. The van der Waals surface area contributed by atoms with Crippen LogP contribution in [0.4, 0.5) is 11.4 Å². The normalized spacial score (nSPS) is 16.2. The van der Waals surface area contributed by atoms with E-state index in [9.17, 15) is 19.7 Å². The Morgan fingerprint density at radius 1 is 1.09 bits per heavy atom. The van der Waals surface area contributed by atoms with Gasteiger partial charge in [0.15, 0.2) is 11.5 Å². The fourth-order valence-electron chi connectivity index (χ4n) is 4.09. The van der Waals surface area contributed by atoms with Gasteiger partial charge in [0.05, 0.1) is 11.0 Å². The van der Waals surface area contributed by atoms with E-state index < -0.39 is 10.8 Å². The number of likely N-dealkylation sites (tertiary alicyclic amines) is 1. The molecule has 2 aliphatic heterocycles. The Morgan fingerprint density at radius 2 is 1.73 bits per heavy atom. The lowest BCUT2D eigenvalue weighted by atomic mass is 9.96. The topological polar surface area (TPSA) is 137 Å². The maximum Gasteiger partial charge on any atom is 0.286 e. The number of nitrogens with two attached hydrogens (primary N) is 1. The summed E-state index contributed by atoms with van der Waals surface area (Å²) in [5, 5.41) is 14.2. The Bertz CT molecular complexity index is 1050. The maximum atomic E-state index is 12.8. The quantitative estimate of drug-likeness (QED) is 0.484. The van der Waals surface area contributed by atoms with E-state index in [-0.39, 0.29) is 28.8 Å². The van der Waals surface area contributed by atoms with E-state index in [0.717, 1.165) is 44.5 Å². The molecule has 3 N–H and O–H groups in total. The number of anilines is 1. The number of piperidine rings is 1. The highest BCUT2D eigenvalue weighted by Crippen LogP contribution is 2.36. The molecule has 0 atom stereocenters. The first-order valence-corrected chi connectivity index (χ1v) is 10.9. The summed E-state index contributed by atoms with van der Waals surface area (Å²) in [6.07, 6.45) is 2.43. The van der Waals surface area contributed by atoms with Crippen LogP contribution in [0.15, 0.2) is 36.4 Å². The standard InChI is InChI=1S/C23H26N4O6/c24-22(28)16-6-9-26(10-7-16)8-5-15-1-3-17(4-2-15)25-23(29)18-13-20-21(33-12-11-32-20)14-19(18)27(30)31/h1-4,13-14,16H,5-12H2,(H2,24,28)(H,25,29). The highest BCUT2D eigenvalue weighted by atomic mass is 16.6. The molecule has 0 spiro atoms.